The minimum Gasteiger partial charge on any atom is -0.369 e. The summed E-state index contributed by atoms with van der Waals surface area (Å²) in [5, 5.41) is 0. The molecule has 0 saturated heterocycles. The Hall–Kier alpha value is -1.77. The average Bonchev–Trinajstić information content (AvgIpc) is 2.86. The molecule has 3 nitrogen and oxygen atoms in total. The van der Waals surface area contributed by atoms with Crippen LogP contribution in [0.1, 0.15) is 44.6 Å². The lowest BCUT2D eigenvalue weighted by atomic mass is 10.0. The quantitative estimate of drug-likeness (QED) is 0.731. The van der Waals surface area contributed by atoms with E-state index >= 15 is 0 Å². The number of aryl methyl sites for hydroxylation is 1. The van der Waals surface area contributed by atoms with Crippen molar-refractivity contribution < 1.29 is 0 Å². The number of hydrogen-bond acceptors (Lipinski definition) is 2. The topological polar surface area (TPSA) is 54.7 Å². The van der Waals surface area contributed by atoms with E-state index in [1.54, 1.807) is 6.20 Å². The van der Waals surface area contributed by atoms with Gasteiger partial charge in [0.05, 0.1) is 11.9 Å². The summed E-state index contributed by atoms with van der Waals surface area (Å²) in [6.07, 6.45) is 9.61. The van der Waals surface area contributed by atoms with E-state index in [9.17, 15) is 0 Å². The average molecular weight is 257 g/mol. The molecule has 3 N–H and O–H groups in total. The second-order valence-corrected chi connectivity index (χ2v) is 5.04. The number of anilines is 1. The van der Waals surface area contributed by atoms with E-state index in [0.29, 0.717) is 5.95 Å². The van der Waals surface area contributed by atoms with Gasteiger partial charge in [-0.05, 0) is 24.0 Å². The van der Waals surface area contributed by atoms with E-state index in [0.717, 1.165) is 11.3 Å². The van der Waals surface area contributed by atoms with Crippen LogP contribution in [0, 0.1) is 0 Å². The summed E-state index contributed by atoms with van der Waals surface area (Å²) in [6.45, 7) is 2.25. The third-order valence-corrected chi connectivity index (χ3v) is 3.43. The van der Waals surface area contributed by atoms with E-state index in [1.165, 1.54) is 44.1 Å². The number of benzene rings is 1. The molecule has 0 radical (unpaired) electrons. The Labute approximate surface area is 115 Å². The number of H-pyrrole nitrogens is 1. The van der Waals surface area contributed by atoms with E-state index in [2.05, 4.69) is 41.2 Å². The van der Waals surface area contributed by atoms with E-state index in [-0.39, 0.29) is 0 Å². The summed E-state index contributed by atoms with van der Waals surface area (Å²) in [5.74, 6) is 0.468. The van der Waals surface area contributed by atoms with Gasteiger partial charge in [-0.2, -0.15) is 0 Å². The van der Waals surface area contributed by atoms with Crippen molar-refractivity contribution in [3.05, 3.63) is 36.0 Å². The number of hydrogen-bond donors (Lipinski definition) is 2. The maximum atomic E-state index is 5.58. The first-order valence-corrected chi connectivity index (χ1v) is 7.19. The van der Waals surface area contributed by atoms with Gasteiger partial charge in [0.1, 0.15) is 0 Å². The second kappa shape index (κ2) is 6.98. The summed E-state index contributed by atoms with van der Waals surface area (Å²) >= 11 is 0. The molecule has 0 fully saturated rings. The highest BCUT2D eigenvalue weighted by molar-refractivity contribution is 5.60. The Morgan fingerprint density at radius 1 is 1.05 bits per heavy atom. The zero-order chi connectivity index (χ0) is 13.5. The molecule has 0 atom stereocenters. The largest absolute Gasteiger partial charge is 0.369 e. The lowest BCUT2D eigenvalue weighted by molar-refractivity contribution is 0.632. The summed E-state index contributed by atoms with van der Waals surface area (Å²) in [4.78, 5) is 7.06. The Morgan fingerprint density at radius 2 is 1.79 bits per heavy atom. The molecule has 2 rings (SSSR count). The highest BCUT2D eigenvalue weighted by Crippen LogP contribution is 2.19. The number of rotatable bonds is 7. The smallest absolute Gasteiger partial charge is 0.197 e. The van der Waals surface area contributed by atoms with Gasteiger partial charge in [-0.3, -0.25) is 0 Å². The van der Waals surface area contributed by atoms with Crippen LogP contribution in [-0.4, -0.2) is 9.97 Å². The maximum absolute atomic E-state index is 5.58. The molecular formula is C16H23N3. The zero-order valence-electron chi connectivity index (χ0n) is 11.7. The van der Waals surface area contributed by atoms with E-state index in [4.69, 9.17) is 5.73 Å². The molecule has 2 aromatic rings. The Morgan fingerprint density at radius 3 is 2.42 bits per heavy atom. The van der Waals surface area contributed by atoms with Gasteiger partial charge < -0.3 is 10.7 Å². The van der Waals surface area contributed by atoms with E-state index < -0.39 is 0 Å². The molecule has 1 aromatic carbocycles. The highest BCUT2D eigenvalue weighted by Gasteiger charge is 2.01. The summed E-state index contributed by atoms with van der Waals surface area (Å²) < 4.78 is 0. The number of aromatic nitrogens is 2. The van der Waals surface area contributed by atoms with Crippen LogP contribution < -0.4 is 5.73 Å². The van der Waals surface area contributed by atoms with Crippen LogP contribution in [0.15, 0.2) is 30.5 Å². The first-order chi connectivity index (χ1) is 9.29. The molecule has 0 bridgehead atoms. The maximum Gasteiger partial charge on any atom is 0.197 e. The molecule has 102 valence electrons. The van der Waals surface area contributed by atoms with Crippen molar-refractivity contribution in [1.82, 2.24) is 9.97 Å². The van der Waals surface area contributed by atoms with Gasteiger partial charge in [0, 0.05) is 0 Å². The summed E-state index contributed by atoms with van der Waals surface area (Å²) in [7, 11) is 0. The number of nitrogens with zero attached hydrogens (tertiary/aromatic N) is 1. The fourth-order valence-corrected chi connectivity index (χ4v) is 2.27. The number of nitrogens with one attached hydrogen (secondary N) is 1. The fourth-order valence-electron chi connectivity index (χ4n) is 2.27. The van der Waals surface area contributed by atoms with Gasteiger partial charge in [0.2, 0.25) is 0 Å². The summed E-state index contributed by atoms with van der Waals surface area (Å²) in [5.41, 5.74) is 9.11. The van der Waals surface area contributed by atoms with Gasteiger partial charge in [-0.1, -0.05) is 56.9 Å². The number of nitrogen functional groups attached to an aromatic ring is 1. The first-order valence-electron chi connectivity index (χ1n) is 7.19. The first kappa shape index (κ1) is 13.7. The van der Waals surface area contributed by atoms with Crippen molar-refractivity contribution in [3.63, 3.8) is 0 Å². The van der Waals surface area contributed by atoms with Crippen molar-refractivity contribution in [2.24, 2.45) is 0 Å². The lowest BCUT2D eigenvalue weighted by Gasteiger charge is -2.03. The molecule has 0 spiro atoms. The van der Waals surface area contributed by atoms with Crippen LogP contribution in [0.4, 0.5) is 5.95 Å². The van der Waals surface area contributed by atoms with Crippen LogP contribution in [0.3, 0.4) is 0 Å². The van der Waals surface area contributed by atoms with E-state index in [1.807, 2.05) is 0 Å². The predicted molar refractivity (Wildman–Crippen MR) is 80.9 cm³/mol. The normalized spacial score (nSPS) is 10.8. The third-order valence-electron chi connectivity index (χ3n) is 3.43. The van der Waals surface area contributed by atoms with Crippen molar-refractivity contribution in [2.45, 2.75) is 45.4 Å². The minimum atomic E-state index is 0.468. The van der Waals surface area contributed by atoms with Crippen LogP contribution in [-0.2, 0) is 6.42 Å². The molecule has 19 heavy (non-hydrogen) atoms. The zero-order valence-corrected chi connectivity index (χ0v) is 11.7. The van der Waals surface area contributed by atoms with Crippen molar-refractivity contribution >= 4 is 5.95 Å². The van der Waals surface area contributed by atoms with Gasteiger partial charge in [0.15, 0.2) is 5.95 Å². The highest BCUT2D eigenvalue weighted by atomic mass is 15.0. The molecule has 0 amide bonds. The molecule has 0 unspecified atom stereocenters. The fraction of sp³-hybridized carbons (Fsp3) is 0.438. The van der Waals surface area contributed by atoms with Gasteiger partial charge in [-0.25, -0.2) is 4.98 Å². The van der Waals surface area contributed by atoms with Crippen LogP contribution in [0.25, 0.3) is 11.3 Å². The Bertz CT molecular complexity index is 485. The second-order valence-electron chi connectivity index (χ2n) is 5.04. The van der Waals surface area contributed by atoms with Crippen molar-refractivity contribution in [2.75, 3.05) is 5.73 Å². The van der Waals surface area contributed by atoms with Crippen LogP contribution in [0.5, 0.6) is 0 Å². The number of nitrogens with two attached hydrogens (primary N) is 1. The molecule has 0 aliphatic rings. The minimum absolute atomic E-state index is 0.468. The monoisotopic (exact) mass is 257 g/mol. The van der Waals surface area contributed by atoms with Crippen LogP contribution in [0.2, 0.25) is 0 Å². The molecule has 1 heterocycles. The SMILES string of the molecule is CCCCCCCc1ccc(-c2cnc(N)[nH]2)cc1. The van der Waals surface area contributed by atoms with Crippen LogP contribution >= 0.6 is 0 Å². The van der Waals surface area contributed by atoms with Gasteiger partial charge in [-0.15, -0.1) is 0 Å². The molecule has 0 aliphatic heterocycles. The Balaban J connectivity index is 1.85. The third kappa shape index (κ3) is 4.12. The number of aromatic amines is 1. The predicted octanol–water partition coefficient (Wildman–Crippen LogP) is 4.17. The molecule has 0 saturated carbocycles. The molecule has 0 aliphatic carbocycles. The Kier molecular flexibility index (Phi) is 5.01. The molecule has 3 heteroatoms. The number of imidazole rings is 1. The van der Waals surface area contributed by atoms with Crippen molar-refractivity contribution in [1.29, 1.82) is 0 Å². The van der Waals surface area contributed by atoms with Crippen molar-refractivity contribution in [3.8, 4) is 11.3 Å². The number of unbranched alkanes of at least 4 members (excludes halogenated alkanes) is 4. The lowest BCUT2D eigenvalue weighted by Crippen LogP contribution is -1.87. The summed E-state index contributed by atoms with van der Waals surface area (Å²) in [6, 6.07) is 8.67. The van der Waals surface area contributed by atoms with Gasteiger partial charge >= 0.3 is 0 Å². The molecule has 1 aromatic heterocycles. The van der Waals surface area contributed by atoms with Gasteiger partial charge in [0.25, 0.3) is 0 Å². The standard InChI is InChI=1S/C16H23N3/c1-2-3-4-5-6-7-13-8-10-14(11-9-13)15-12-18-16(17)19-15/h8-12H,2-7H2,1H3,(H3,17,18,19). The molecular weight excluding hydrogens is 234 g/mol.